The lowest BCUT2D eigenvalue weighted by molar-refractivity contribution is -0.384. The molecule has 26 heavy (non-hydrogen) atoms. The Morgan fingerprint density at radius 2 is 1.69 bits per heavy atom. The Morgan fingerprint density at radius 3 is 2.27 bits per heavy atom. The molecular weight excluding hydrogens is 352 g/mol. The van der Waals surface area contributed by atoms with Crippen LogP contribution >= 0.6 is 11.6 Å². The Kier molecular flexibility index (Phi) is 5.88. The molecule has 6 nitrogen and oxygen atoms in total. The van der Waals surface area contributed by atoms with Gasteiger partial charge in [-0.3, -0.25) is 15.0 Å². The number of nitro benzene ring substituents is 1. The molecule has 136 valence electrons. The monoisotopic (exact) mass is 372 g/mol. The van der Waals surface area contributed by atoms with Crippen LogP contribution < -0.4 is 5.43 Å². The molecule has 0 aliphatic carbocycles. The standard InChI is InChI=1S/C19H21ClN4O2/c1-15(17-4-8-19(9-5-17)24(25)26)21-23-12-10-22(11-13-23)14-16-2-6-18(20)7-3-16/h2-9,21H,1,10-14H2. The maximum absolute atomic E-state index is 10.7. The SMILES string of the molecule is C=C(NN1CCN(Cc2ccc(Cl)cc2)CC1)c1ccc([N+](=O)[O-])cc1. The smallest absolute Gasteiger partial charge is 0.269 e. The second kappa shape index (κ2) is 8.31. The first-order chi connectivity index (χ1) is 12.5. The van der Waals surface area contributed by atoms with E-state index in [4.69, 9.17) is 11.6 Å². The first-order valence-corrected chi connectivity index (χ1v) is 8.81. The van der Waals surface area contributed by atoms with Gasteiger partial charge in [0.15, 0.2) is 0 Å². The van der Waals surface area contributed by atoms with Gasteiger partial charge in [0.25, 0.3) is 5.69 Å². The third kappa shape index (κ3) is 4.82. The van der Waals surface area contributed by atoms with Gasteiger partial charge in [-0.1, -0.05) is 30.3 Å². The molecule has 2 aromatic carbocycles. The number of non-ortho nitro benzene ring substituents is 1. The highest BCUT2D eigenvalue weighted by molar-refractivity contribution is 6.30. The molecule has 1 aliphatic rings. The summed E-state index contributed by atoms with van der Waals surface area (Å²) in [6.45, 7) is 8.60. The summed E-state index contributed by atoms with van der Waals surface area (Å²) >= 11 is 5.93. The molecule has 3 rings (SSSR count). The van der Waals surface area contributed by atoms with E-state index in [0.717, 1.165) is 49.0 Å². The van der Waals surface area contributed by atoms with Crippen LogP contribution in [0, 0.1) is 10.1 Å². The molecule has 1 fully saturated rings. The molecule has 7 heteroatoms. The van der Waals surface area contributed by atoms with Crippen molar-refractivity contribution in [2.24, 2.45) is 0 Å². The number of piperazine rings is 1. The van der Waals surface area contributed by atoms with Gasteiger partial charge in [0.1, 0.15) is 0 Å². The van der Waals surface area contributed by atoms with E-state index in [0.29, 0.717) is 0 Å². The fraction of sp³-hybridized carbons (Fsp3) is 0.263. The minimum absolute atomic E-state index is 0.0809. The van der Waals surface area contributed by atoms with E-state index < -0.39 is 4.92 Å². The van der Waals surface area contributed by atoms with Crippen molar-refractivity contribution in [3.63, 3.8) is 0 Å². The van der Waals surface area contributed by atoms with Crippen LogP contribution in [0.25, 0.3) is 5.70 Å². The Labute approximate surface area is 157 Å². The largest absolute Gasteiger partial charge is 0.319 e. The van der Waals surface area contributed by atoms with Crippen LogP contribution in [-0.2, 0) is 6.54 Å². The summed E-state index contributed by atoms with van der Waals surface area (Å²) in [5.41, 5.74) is 6.23. The zero-order chi connectivity index (χ0) is 18.5. The topological polar surface area (TPSA) is 61.6 Å². The normalized spacial score (nSPS) is 15.6. The van der Waals surface area contributed by atoms with Gasteiger partial charge in [0.05, 0.1) is 4.92 Å². The molecule has 0 amide bonds. The Bertz CT molecular complexity index is 769. The first kappa shape index (κ1) is 18.4. The van der Waals surface area contributed by atoms with E-state index in [-0.39, 0.29) is 5.69 Å². The molecular formula is C19H21ClN4O2. The molecule has 0 unspecified atom stereocenters. The summed E-state index contributed by atoms with van der Waals surface area (Å²) in [7, 11) is 0. The van der Waals surface area contributed by atoms with Gasteiger partial charge in [-0.05, 0) is 35.4 Å². The molecule has 0 bridgehead atoms. The summed E-state index contributed by atoms with van der Waals surface area (Å²) in [6, 6.07) is 14.4. The third-order valence-corrected chi connectivity index (χ3v) is 4.66. The first-order valence-electron chi connectivity index (χ1n) is 8.43. The van der Waals surface area contributed by atoms with E-state index in [1.807, 2.05) is 12.1 Å². The van der Waals surface area contributed by atoms with Gasteiger partial charge in [0, 0.05) is 55.6 Å². The number of nitro groups is 1. The molecule has 0 aromatic heterocycles. The van der Waals surface area contributed by atoms with E-state index in [1.54, 1.807) is 12.1 Å². The number of halogens is 1. The van der Waals surface area contributed by atoms with Gasteiger partial charge in [-0.15, -0.1) is 0 Å². The molecule has 0 saturated carbocycles. The molecule has 1 heterocycles. The summed E-state index contributed by atoms with van der Waals surface area (Å²) in [4.78, 5) is 12.7. The highest BCUT2D eigenvalue weighted by Crippen LogP contribution is 2.17. The Morgan fingerprint density at radius 1 is 1.08 bits per heavy atom. The van der Waals surface area contributed by atoms with Crippen LogP contribution in [0.4, 0.5) is 5.69 Å². The van der Waals surface area contributed by atoms with E-state index in [1.165, 1.54) is 17.7 Å². The zero-order valence-electron chi connectivity index (χ0n) is 14.4. The minimum atomic E-state index is -0.403. The van der Waals surface area contributed by atoms with E-state index >= 15 is 0 Å². The zero-order valence-corrected chi connectivity index (χ0v) is 15.2. The van der Waals surface area contributed by atoms with Gasteiger partial charge in [-0.25, -0.2) is 5.01 Å². The van der Waals surface area contributed by atoms with Crippen molar-refractivity contribution in [1.29, 1.82) is 0 Å². The van der Waals surface area contributed by atoms with Crippen LogP contribution in [0.2, 0.25) is 5.02 Å². The van der Waals surface area contributed by atoms with Crippen molar-refractivity contribution in [1.82, 2.24) is 15.3 Å². The maximum atomic E-state index is 10.7. The van der Waals surface area contributed by atoms with E-state index in [9.17, 15) is 10.1 Å². The number of hydrogen-bond donors (Lipinski definition) is 1. The molecule has 0 radical (unpaired) electrons. The molecule has 2 aromatic rings. The van der Waals surface area contributed by atoms with Gasteiger partial charge >= 0.3 is 0 Å². The molecule has 0 atom stereocenters. The second-order valence-corrected chi connectivity index (χ2v) is 6.72. The number of rotatable bonds is 6. The lowest BCUT2D eigenvalue weighted by Crippen LogP contribution is -2.50. The summed E-state index contributed by atoms with van der Waals surface area (Å²) in [5.74, 6) is 0. The van der Waals surface area contributed by atoms with Gasteiger partial charge in [0.2, 0.25) is 0 Å². The second-order valence-electron chi connectivity index (χ2n) is 6.28. The lowest BCUT2D eigenvalue weighted by Gasteiger charge is -2.35. The lowest BCUT2D eigenvalue weighted by atomic mass is 10.1. The summed E-state index contributed by atoms with van der Waals surface area (Å²) < 4.78 is 0. The van der Waals surface area contributed by atoms with Gasteiger partial charge < -0.3 is 5.43 Å². The van der Waals surface area contributed by atoms with Crippen LogP contribution in [-0.4, -0.2) is 41.0 Å². The molecule has 1 saturated heterocycles. The fourth-order valence-corrected chi connectivity index (χ4v) is 3.03. The van der Waals surface area contributed by atoms with Crippen molar-refractivity contribution >= 4 is 23.0 Å². The molecule has 0 spiro atoms. The van der Waals surface area contributed by atoms with Crippen LogP contribution in [0.1, 0.15) is 11.1 Å². The average molecular weight is 373 g/mol. The maximum Gasteiger partial charge on any atom is 0.269 e. The summed E-state index contributed by atoms with van der Waals surface area (Å²) in [5, 5.41) is 13.6. The average Bonchev–Trinajstić information content (AvgIpc) is 2.65. The number of hydrazine groups is 1. The van der Waals surface area contributed by atoms with Crippen molar-refractivity contribution in [3.05, 3.63) is 81.4 Å². The number of nitrogens with one attached hydrogen (secondary N) is 1. The van der Waals surface area contributed by atoms with Crippen molar-refractivity contribution in [2.45, 2.75) is 6.54 Å². The quantitative estimate of drug-likeness (QED) is 0.620. The fourth-order valence-electron chi connectivity index (χ4n) is 2.91. The number of hydrogen-bond acceptors (Lipinski definition) is 5. The molecule has 1 aliphatic heterocycles. The third-order valence-electron chi connectivity index (χ3n) is 4.41. The Hall–Kier alpha value is -2.41. The highest BCUT2D eigenvalue weighted by Gasteiger charge is 2.17. The predicted octanol–water partition coefficient (Wildman–Crippen LogP) is 3.54. The van der Waals surface area contributed by atoms with Gasteiger partial charge in [-0.2, -0.15) is 0 Å². The van der Waals surface area contributed by atoms with E-state index in [2.05, 4.69) is 34.0 Å². The van der Waals surface area contributed by atoms with Crippen molar-refractivity contribution in [2.75, 3.05) is 26.2 Å². The van der Waals surface area contributed by atoms with Crippen molar-refractivity contribution in [3.8, 4) is 0 Å². The molecule has 1 N–H and O–H groups in total. The Balaban J connectivity index is 1.48. The number of nitrogens with zero attached hydrogens (tertiary/aromatic N) is 3. The van der Waals surface area contributed by atoms with Crippen LogP contribution in [0.5, 0.6) is 0 Å². The van der Waals surface area contributed by atoms with Crippen LogP contribution in [0.3, 0.4) is 0 Å². The number of benzene rings is 2. The minimum Gasteiger partial charge on any atom is -0.319 e. The van der Waals surface area contributed by atoms with Crippen LogP contribution in [0.15, 0.2) is 55.1 Å². The highest BCUT2D eigenvalue weighted by atomic mass is 35.5. The predicted molar refractivity (Wildman–Crippen MR) is 104 cm³/mol. The summed E-state index contributed by atoms with van der Waals surface area (Å²) in [6.07, 6.45) is 0. The van der Waals surface area contributed by atoms with Crippen molar-refractivity contribution < 1.29 is 4.92 Å².